The molecule has 3 aromatic heterocycles. The maximum absolute atomic E-state index is 5.57. The number of hydrogen-bond acceptors (Lipinski definition) is 4. The molecule has 0 aliphatic rings. The first-order valence-electron chi connectivity index (χ1n) is 5.46. The van der Waals surface area contributed by atoms with E-state index >= 15 is 0 Å². The first-order chi connectivity index (χ1) is 8.28. The molecule has 0 amide bonds. The average Bonchev–Trinajstić information content (AvgIpc) is 2.95. The molecule has 88 valence electrons. The van der Waals surface area contributed by atoms with Gasteiger partial charge in [-0.2, -0.15) is 0 Å². The number of aromatic nitrogens is 4. The van der Waals surface area contributed by atoms with Gasteiger partial charge in [-0.05, 0) is 13.5 Å². The van der Waals surface area contributed by atoms with Crippen molar-refractivity contribution in [3.8, 4) is 10.7 Å². The van der Waals surface area contributed by atoms with Gasteiger partial charge in [0, 0.05) is 29.4 Å². The summed E-state index contributed by atoms with van der Waals surface area (Å²) in [5, 5.41) is 0.992. The van der Waals surface area contributed by atoms with Crippen LogP contribution in [-0.2, 0) is 6.42 Å². The van der Waals surface area contributed by atoms with Crippen LogP contribution in [0.2, 0.25) is 0 Å². The lowest BCUT2D eigenvalue weighted by atomic mass is 10.3. The third-order valence-corrected chi connectivity index (χ3v) is 3.58. The van der Waals surface area contributed by atoms with Crippen molar-refractivity contribution in [2.75, 3.05) is 6.54 Å². The molecule has 0 saturated carbocycles. The topological polar surface area (TPSA) is 72.0 Å². The van der Waals surface area contributed by atoms with E-state index < -0.39 is 0 Å². The summed E-state index contributed by atoms with van der Waals surface area (Å²) in [6, 6.07) is 0. The van der Waals surface area contributed by atoms with E-state index in [-0.39, 0.29) is 0 Å². The molecule has 3 aromatic rings. The Labute approximate surface area is 102 Å². The predicted octanol–water partition coefficient (Wildman–Crippen LogP) is 1.60. The second kappa shape index (κ2) is 3.97. The first kappa shape index (κ1) is 10.5. The highest BCUT2D eigenvalue weighted by Gasteiger charge is 2.10. The van der Waals surface area contributed by atoms with Crippen LogP contribution in [0, 0.1) is 6.92 Å². The molecule has 0 radical (unpaired) electrons. The summed E-state index contributed by atoms with van der Waals surface area (Å²) in [5.41, 5.74) is 7.70. The van der Waals surface area contributed by atoms with Gasteiger partial charge in [-0.1, -0.05) is 0 Å². The van der Waals surface area contributed by atoms with Crippen molar-refractivity contribution in [1.82, 2.24) is 19.4 Å². The highest BCUT2D eigenvalue weighted by atomic mass is 32.1. The zero-order valence-electron chi connectivity index (χ0n) is 9.47. The Balaban J connectivity index is 2.07. The van der Waals surface area contributed by atoms with Crippen molar-refractivity contribution in [2.24, 2.45) is 5.73 Å². The van der Waals surface area contributed by atoms with Crippen molar-refractivity contribution in [3.05, 3.63) is 29.2 Å². The Bertz CT molecular complexity index is 648. The fraction of sp³-hybridized carbons (Fsp3) is 0.273. The molecule has 0 aliphatic carbocycles. The van der Waals surface area contributed by atoms with E-state index in [2.05, 4.69) is 21.9 Å². The molecule has 3 N–H and O–H groups in total. The van der Waals surface area contributed by atoms with E-state index in [1.807, 2.05) is 23.0 Å². The molecular weight excluding hydrogens is 234 g/mol. The third-order valence-electron chi connectivity index (χ3n) is 2.63. The van der Waals surface area contributed by atoms with Gasteiger partial charge < -0.3 is 10.7 Å². The summed E-state index contributed by atoms with van der Waals surface area (Å²) in [4.78, 5) is 13.1. The van der Waals surface area contributed by atoms with Gasteiger partial charge in [0.05, 0.1) is 11.9 Å². The van der Waals surface area contributed by atoms with E-state index in [0.29, 0.717) is 6.54 Å². The van der Waals surface area contributed by atoms with E-state index in [0.717, 1.165) is 28.6 Å². The summed E-state index contributed by atoms with van der Waals surface area (Å²) < 4.78 is 2.04. The van der Waals surface area contributed by atoms with Crippen LogP contribution in [0.3, 0.4) is 0 Å². The van der Waals surface area contributed by atoms with E-state index in [9.17, 15) is 0 Å². The number of rotatable bonds is 3. The Morgan fingerprint density at radius 1 is 1.41 bits per heavy atom. The summed E-state index contributed by atoms with van der Waals surface area (Å²) in [7, 11) is 0. The summed E-state index contributed by atoms with van der Waals surface area (Å²) in [6.45, 7) is 2.68. The number of hydrogen-bond donors (Lipinski definition) is 2. The Morgan fingerprint density at radius 2 is 2.29 bits per heavy atom. The van der Waals surface area contributed by atoms with Crippen LogP contribution in [0.1, 0.15) is 10.6 Å². The first-order valence-corrected chi connectivity index (χ1v) is 6.27. The molecule has 0 bridgehead atoms. The summed E-state index contributed by atoms with van der Waals surface area (Å²) in [6.07, 6.45) is 6.60. The van der Waals surface area contributed by atoms with Crippen molar-refractivity contribution in [1.29, 1.82) is 0 Å². The smallest absolute Gasteiger partial charge is 0.211 e. The van der Waals surface area contributed by atoms with Gasteiger partial charge in [0.1, 0.15) is 5.01 Å². The third kappa shape index (κ3) is 1.75. The molecule has 3 rings (SSSR count). The number of imidazole rings is 2. The molecule has 6 heteroatoms. The highest BCUT2D eigenvalue weighted by molar-refractivity contribution is 7.14. The minimum atomic E-state index is 0.630. The SMILES string of the molecule is Cc1cnc(-c2cn3c(CCN)cnc3[nH]2)s1. The van der Waals surface area contributed by atoms with Crippen molar-refractivity contribution in [3.63, 3.8) is 0 Å². The van der Waals surface area contributed by atoms with Crippen LogP contribution in [0.4, 0.5) is 0 Å². The van der Waals surface area contributed by atoms with Gasteiger partial charge >= 0.3 is 0 Å². The molecule has 5 nitrogen and oxygen atoms in total. The van der Waals surface area contributed by atoms with Crippen LogP contribution in [-0.4, -0.2) is 25.9 Å². The normalized spacial score (nSPS) is 11.4. The van der Waals surface area contributed by atoms with E-state index in [1.54, 1.807) is 11.3 Å². The van der Waals surface area contributed by atoms with E-state index in [4.69, 9.17) is 5.73 Å². The van der Waals surface area contributed by atoms with Crippen LogP contribution in [0.5, 0.6) is 0 Å². The monoisotopic (exact) mass is 247 g/mol. The zero-order valence-corrected chi connectivity index (χ0v) is 10.3. The lowest BCUT2D eigenvalue weighted by molar-refractivity contribution is 0.908. The lowest BCUT2D eigenvalue weighted by Gasteiger charge is -1.93. The van der Waals surface area contributed by atoms with Crippen molar-refractivity contribution < 1.29 is 0 Å². The standard InChI is InChI=1S/C11H13N5S/c1-7-4-13-10(17-7)9-6-16-8(2-3-12)5-14-11(16)15-9/h4-6H,2-3,12H2,1H3,(H,14,15). The molecule has 0 unspecified atom stereocenters. The molecular formula is C11H13N5S. The number of nitrogens with one attached hydrogen (secondary N) is 1. The van der Waals surface area contributed by atoms with Crippen LogP contribution in [0.15, 0.2) is 18.6 Å². The summed E-state index contributed by atoms with van der Waals surface area (Å²) >= 11 is 1.67. The highest BCUT2D eigenvalue weighted by Crippen LogP contribution is 2.24. The van der Waals surface area contributed by atoms with Gasteiger partial charge in [0.2, 0.25) is 5.78 Å². The number of nitrogens with two attached hydrogens (primary N) is 1. The molecule has 0 fully saturated rings. The lowest BCUT2D eigenvalue weighted by Crippen LogP contribution is -2.04. The molecule has 0 aromatic carbocycles. The van der Waals surface area contributed by atoms with Crippen LogP contribution in [0.25, 0.3) is 16.5 Å². The van der Waals surface area contributed by atoms with Gasteiger partial charge in [-0.3, -0.25) is 4.40 Å². The van der Waals surface area contributed by atoms with Gasteiger partial charge in [-0.25, -0.2) is 9.97 Å². The summed E-state index contributed by atoms with van der Waals surface area (Å²) in [5.74, 6) is 0.844. The number of fused-ring (bicyclic) bond motifs is 1. The van der Waals surface area contributed by atoms with Gasteiger partial charge in [0.15, 0.2) is 0 Å². The average molecular weight is 247 g/mol. The quantitative estimate of drug-likeness (QED) is 0.738. The minimum Gasteiger partial charge on any atom is -0.330 e. The second-order valence-electron chi connectivity index (χ2n) is 3.93. The molecule has 0 aliphatic heterocycles. The Kier molecular flexibility index (Phi) is 2.45. The van der Waals surface area contributed by atoms with Gasteiger partial charge in [-0.15, -0.1) is 11.3 Å². The molecule has 3 heterocycles. The maximum atomic E-state index is 5.57. The molecule has 0 atom stereocenters. The van der Waals surface area contributed by atoms with Crippen LogP contribution < -0.4 is 5.73 Å². The largest absolute Gasteiger partial charge is 0.330 e. The van der Waals surface area contributed by atoms with Crippen LogP contribution >= 0.6 is 11.3 Å². The molecule has 17 heavy (non-hydrogen) atoms. The van der Waals surface area contributed by atoms with E-state index in [1.165, 1.54) is 4.88 Å². The zero-order chi connectivity index (χ0) is 11.8. The van der Waals surface area contributed by atoms with Gasteiger partial charge in [0.25, 0.3) is 0 Å². The number of aromatic amines is 1. The molecule has 0 saturated heterocycles. The predicted molar refractivity (Wildman–Crippen MR) is 68.1 cm³/mol. The number of thiazole rings is 1. The second-order valence-corrected chi connectivity index (χ2v) is 5.16. The maximum Gasteiger partial charge on any atom is 0.211 e. The number of H-pyrrole nitrogens is 1. The molecule has 0 spiro atoms. The number of nitrogens with zero attached hydrogens (tertiary/aromatic N) is 3. The minimum absolute atomic E-state index is 0.630. The Hall–Kier alpha value is -1.66. The fourth-order valence-electron chi connectivity index (χ4n) is 1.84. The Morgan fingerprint density at radius 3 is 3.00 bits per heavy atom. The van der Waals surface area contributed by atoms with Crippen molar-refractivity contribution >= 4 is 17.1 Å². The van der Waals surface area contributed by atoms with Crippen molar-refractivity contribution in [2.45, 2.75) is 13.3 Å². The number of aryl methyl sites for hydroxylation is 1. The fourth-order valence-corrected chi connectivity index (χ4v) is 2.56.